The van der Waals surface area contributed by atoms with E-state index in [2.05, 4.69) is 10.3 Å². The van der Waals surface area contributed by atoms with Crippen molar-refractivity contribution in [2.24, 2.45) is 0 Å². The molecule has 1 amide bonds. The van der Waals surface area contributed by atoms with Crippen molar-refractivity contribution in [2.45, 2.75) is 44.1 Å². The molecule has 1 N–H and O–H groups in total. The zero-order valence-electron chi connectivity index (χ0n) is 13.3. The number of benzene rings is 1. The summed E-state index contributed by atoms with van der Waals surface area (Å²) in [5.41, 5.74) is 1.65. The first-order valence-corrected chi connectivity index (χ1v) is 8.46. The molecule has 1 heterocycles. The minimum absolute atomic E-state index is 0.0547. The highest BCUT2D eigenvalue weighted by Gasteiger charge is 2.43. The van der Waals surface area contributed by atoms with Gasteiger partial charge in [0.1, 0.15) is 0 Å². The van der Waals surface area contributed by atoms with Gasteiger partial charge in [0, 0.05) is 17.4 Å². The number of aromatic nitrogens is 1. The van der Waals surface area contributed by atoms with Crippen LogP contribution in [0.25, 0.3) is 0 Å². The van der Waals surface area contributed by atoms with E-state index in [-0.39, 0.29) is 11.9 Å². The summed E-state index contributed by atoms with van der Waals surface area (Å²) in [5.74, 6) is 0.105. The number of carbonyl (C=O) groups is 1. The first-order valence-electron chi connectivity index (χ1n) is 8.09. The number of carbonyl (C=O) groups excluding carboxylic acids is 1. The molecule has 1 unspecified atom stereocenters. The molecule has 1 aliphatic rings. The molecule has 3 rings (SSSR count). The minimum Gasteiger partial charge on any atom is -0.349 e. The summed E-state index contributed by atoms with van der Waals surface area (Å²) >= 11 is 6.00. The van der Waals surface area contributed by atoms with E-state index in [4.69, 9.17) is 11.6 Å². The van der Waals surface area contributed by atoms with Crippen LogP contribution in [0.3, 0.4) is 0 Å². The van der Waals surface area contributed by atoms with Crippen molar-refractivity contribution in [3.05, 3.63) is 64.9 Å². The standard InChI is InChI=1S/C19H21ClN2O/c1-14(15-5-4-12-21-13-15)22-18(23)19(10-2-3-11-19)16-6-8-17(20)9-7-16/h4-9,12-14H,2-3,10-11H2,1H3,(H,22,23). The Kier molecular flexibility index (Phi) is 4.67. The predicted octanol–water partition coefficient (Wildman–Crippen LogP) is 4.42. The average molecular weight is 329 g/mol. The maximum absolute atomic E-state index is 13.1. The minimum atomic E-state index is -0.430. The van der Waals surface area contributed by atoms with Gasteiger partial charge in [0.25, 0.3) is 0 Å². The van der Waals surface area contributed by atoms with E-state index in [9.17, 15) is 4.79 Å². The van der Waals surface area contributed by atoms with Gasteiger partial charge in [-0.2, -0.15) is 0 Å². The summed E-state index contributed by atoms with van der Waals surface area (Å²) in [6.07, 6.45) is 7.48. The van der Waals surface area contributed by atoms with Gasteiger partial charge in [-0.25, -0.2) is 0 Å². The number of rotatable bonds is 4. The van der Waals surface area contributed by atoms with E-state index in [0.717, 1.165) is 36.8 Å². The number of nitrogens with one attached hydrogen (secondary N) is 1. The van der Waals surface area contributed by atoms with Crippen LogP contribution in [0.15, 0.2) is 48.8 Å². The molecule has 0 spiro atoms. The Morgan fingerprint density at radius 2 is 1.91 bits per heavy atom. The topological polar surface area (TPSA) is 42.0 Å². The fourth-order valence-corrected chi connectivity index (χ4v) is 3.57. The molecule has 1 saturated carbocycles. The molecule has 1 aromatic heterocycles. The predicted molar refractivity (Wildman–Crippen MR) is 92.4 cm³/mol. The molecule has 0 aliphatic heterocycles. The van der Waals surface area contributed by atoms with E-state index < -0.39 is 5.41 Å². The van der Waals surface area contributed by atoms with E-state index in [1.165, 1.54) is 0 Å². The Morgan fingerprint density at radius 3 is 2.52 bits per heavy atom. The Hall–Kier alpha value is -1.87. The van der Waals surface area contributed by atoms with Gasteiger partial charge in [0.2, 0.25) is 5.91 Å². The highest BCUT2D eigenvalue weighted by Crippen LogP contribution is 2.42. The van der Waals surface area contributed by atoms with Crippen LogP contribution in [-0.4, -0.2) is 10.9 Å². The smallest absolute Gasteiger partial charge is 0.231 e. The molecule has 23 heavy (non-hydrogen) atoms. The van der Waals surface area contributed by atoms with E-state index in [1.54, 1.807) is 12.4 Å². The van der Waals surface area contributed by atoms with Crippen LogP contribution in [0.5, 0.6) is 0 Å². The van der Waals surface area contributed by atoms with Crippen molar-refractivity contribution in [3.63, 3.8) is 0 Å². The maximum Gasteiger partial charge on any atom is 0.231 e. The number of hydrogen-bond donors (Lipinski definition) is 1. The second-order valence-electron chi connectivity index (χ2n) is 6.28. The molecule has 0 saturated heterocycles. The van der Waals surface area contributed by atoms with Gasteiger partial charge in [0.05, 0.1) is 11.5 Å². The quantitative estimate of drug-likeness (QED) is 0.902. The first kappa shape index (κ1) is 16.0. The number of amides is 1. The van der Waals surface area contributed by atoms with Crippen LogP contribution in [0.2, 0.25) is 5.02 Å². The highest BCUT2D eigenvalue weighted by atomic mass is 35.5. The molecule has 0 radical (unpaired) electrons. The monoisotopic (exact) mass is 328 g/mol. The Labute approximate surface area is 142 Å². The molecule has 3 nitrogen and oxygen atoms in total. The van der Waals surface area contributed by atoms with Crippen molar-refractivity contribution in [1.82, 2.24) is 10.3 Å². The van der Waals surface area contributed by atoms with Crippen molar-refractivity contribution < 1.29 is 4.79 Å². The summed E-state index contributed by atoms with van der Waals surface area (Å²) in [6.45, 7) is 2.00. The van der Waals surface area contributed by atoms with E-state index >= 15 is 0 Å². The molecule has 1 aromatic carbocycles. The normalized spacial score (nSPS) is 17.7. The third-order valence-corrected chi connectivity index (χ3v) is 5.07. The lowest BCUT2D eigenvalue weighted by molar-refractivity contribution is -0.127. The van der Waals surface area contributed by atoms with Crippen molar-refractivity contribution in [3.8, 4) is 0 Å². The van der Waals surface area contributed by atoms with Crippen LogP contribution >= 0.6 is 11.6 Å². The van der Waals surface area contributed by atoms with Crippen LogP contribution in [0, 0.1) is 0 Å². The van der Waals surface area contributed by atoms with Gasteiger partial charge in [-0.1, -0.05) is 42.6 Å². The second-order valence-corrected chi connectivity index (χ2v) is 6.71. The molecule has 1 atom stereocenters. The number of pyridine rings is 1. The fraction of sp³-hybridized carbons (Fsp3) is 0.368. The van der Waals surface area contributed by atoms with Crippen LogP contribution < -0.4 is 5.32 Å². The van der Waals surface area contributed by atoms with Crippen molar-refractivity contribution >= 4 is 17.5 Å². The molecule has 1 fully saturated rings. The number of halogens is 1. The largest absolute Gasteiger partial charge is 0.349 e. The Bertz CT molecular complexity index is 664. The van der Waals surface area contributed by atoms with Crippen LogP contribution in [0.4, 0.5) is 0 Å². The summed E-state index contributed by atoms with van der Waals surface area (Å²) < 4.78 is 0. The van der Waals surface area contributed by atoms with Gasteiger partial charge in [-0.3, -0.25) is 9.78 Å². The lowest BCUT2D eigenvalue weighted by atomic mass is 9.77. The van der Waals surface area contributed by atoms with Crippen molar-refractivity contribution in [1.29, 1.82) is 0 Å². The zero-order valence-corrected chi connectivity index (χ0v) is 14.0. The number of nitrogens with zero attached hydrogens (tertiary/aromatic N) is 1. The van der Waals surface area contributed by atoms with Gasteiger partial charge in [0.15, 0.2) is 0 Å². The summed E-state index contributed by atoms with van der Waals surface area (Å²) in [5, 5.41) is 3.88. The lowest BCUT2D eigenvalue weighted by Crippen LogP contribution is -2.43. The molecule has 0 bridgehead atoms. The van der Waals surface area contributed by atoms with Gasteiger partial charge in [-0.15, -0.1) is 0 Å². The van der Waals surface area contributed by atoms with Gasteiger partial charge >= 0.3 is 0 Å². The molecule has 120 valence electrons. The second kappa shape index (κ2) is 6.71. The fourth-order valence-electron chi connectivity index (χ4n) is 3.44. The summed E-state index contributed by atoms with van der Waals surface area (Å²) in [7, 11) is 0. The third-order valence-electron chi connectivity index (χ3n) is 4.82. The summed E-state index contributed by atoms with van der Waals surface area (Å²) in [4.78, 5) is 17.2. The first-order chi connectivity index (χ1) is 11.1. The van der Waals surface area contributed by atoms with Crippen molar-refractivity contribution in [2.75, 3.05) is 0 Å². The summed E-state index contributed by atoms with van der Waals surface area (Å²) in [6, 6.07) is 11.5. The highest BCUT2D eigenvalue weighted by molar-refractivity contribution is 6.30. The van der Waals surface area contributed by atoms with E-state index in [1.807, 2.05) is 43.3 Å². The molecule has 4 heteroatoms. The average Bonchev–Trinajstić information content (AvgIpc) is 3.07. The zero-order chi connectivity index (χ0) is 16.3. The van der Waals surface area contributed by atoms with Gasteiger partial charge in [-0.05, 0) is 49.1 Å². The lowest BCUT2D eigenvalue weighted by Gasteiger charge is -2.30. The Morgan fingerprint density at radius 1 is 1.22 bits per heavy atom. The number of hydrogen-bond acceptors (Lipinski definition) is 2. The Balaban J connectivity index is 1.83. The van der Waals surface area contributed by atoms with Crippen LogP contribution in [0.1, 0.15) is 49.8 Å². The third kappa shape index (κ3) is 3.25. The van der Waals surface area contributed by atoms with Crippen LogP contribution in [-0.2, 0) is 10.2 Å². The SMILES string of the molecule is CC(NC(=O)C1(c2ccc(Cl)cc2)CCCC1)c1cccnc1. The maximum atomic E-state index is 13.1. The molecular formula is C19H21ClN2O. The molecule has 1 aliphatic carbocycles. The molecular weight excluding hydrogens is 308 g/mol. The van der Waals surface area contributed by atoms with Gasteiger partial charge < -0.3 is 5.32 Å². The van der Waals surface area contributed by atoms with E-state index in [0.29, 0.717) is 5.02 Å². The molecule has 2 aromatic rings.